The van der Waals surface area contributed by atoms with E-state index >= 15 is 0 Å². The normalized spacial score (nSPS) is 25.2. The maximum Gasteiger partial charge on any atom is 0.268 e. The molecule has 0 aliphatic carbocycles. The first-order valence-electron chi connectivity index (χ1n) is 3.62. The quantitative estimate of drug-likeness (QED) is 0.512. The van der Waals surface area contributed by atoms with Crippen LogP contribution in [0.5, 0.6) is 0 Å². The summed E-state index contributed by atoms with van der Waals surface area (Å²) in [6.07, 6.45) is 1.64. The molecule has 0 aromatic rings. The Labute approximate surface area is 77.1 Å². The Hall–Kier alpha value is -0.400. The van der Waals surface area contributed by atoms with E-state index in [1.165, 1.54) is 6.08 Å². The van der Waals surface area contributed by atoms with Crippen LogP contribution in [0.2, 0.25) is 0 Å². The summed E-state index contributed by atoms with van der Waals surface area (Å²) >= 11 is 0. The van der Waals surface area contributed by atoms with E-state index < -0.39 is 25.7 Å². The number of hydrogen-bond donors (Lipinski definition) is 1. The summed E-state index contributed by atoms with van der Waals surface area (Å²) in [6.45, 7) is 0. The number of sulfone groups is 1. The van der Waals surface area contributed by atoms with Gasteiger partial charge in [-0.1, -0.05) is 11.6 Å². The van der Waals surface area contributed by atoms with Crippen molar-refractivity contribution >= 4 is 20.0 Å². The molecular weight excluding hydrogens is 216 g/mol. The Kier molecular flexibility index (Phi) is 2.79. The lowest BCUT2D eigenvalue weighted by atomic mass is 10.2. The molecule has 0 amide bonds. The van der Waals surface area contributed by atoms with Gasteiger partial charge in [-0.25, -0.2) is 8.42 Å². The van der Waals surface area contributed by atoms with Gasteiger partial charge in [0.2, 0.25) is 0 Å². The van der Waals surface area contributed by atoms with E-state index in [2.05, 4.69) is 0 Å². The van der Waals surface area contributed by atoms with Crippen LogP contribution in [0.4, 0.5) is 0 Å². The van der Waals surface area contributed by atoms with E-state index in [0.29, 0.717) is 12.0 Å². The Bertz CT molecular complexity index is 414. The highest BCUT2D eigenvalue weighted by Crippen LogP contribution is 2.16. The topological polar surface area (TPSA) is 88.5 Å². The molecule has 0 bridgehead atoms. The van der Waals surface area contributed by atoms with E-state index in [9.17, 15) is 16.8 Å². The van der Waals surface area contributed by atoms with Crippen LogP contribution in [-0.4, -0.2) is 38.6 Å². The summed E-state index contributed by atoms with van der Waals surface area (Å²) in [6, 6.07) is 0. The zero-order valence-corrected chi connectivity index (χ0v) is 8.44. The molecule has 0 atom stereocenters. The lowest BCUT2D eigenvalue weighted by Crippen LogP contribution is -2.03. The van der Waals surface area contributed by atoms with Gasteiger partial charge in [0.25, 0.3) is 10.1 Å². The molecule has 0 saturated carbocycles. The fraction of sp³-hybridized carbons (Fsp3) is 0.667. The summed E-state index contributed by atoms with van der Waals surface area (Å²) in [5, 5.41) is 0. The Morgan fingerprint density at radius 3 is 2.46 bits per heavy atom. The summed E-state index contributed by atoms with van der Waals surface area (Å²) in [7, 11) is -7.03. The minimum Gasteiger partial charge on any atom is -0.285 e. The molecule has 1 aliphatic rings. The molecule has 0 radical (unpaired) electrons. The Morgan fingerprint density at radius 2 is 2.08 bits per heavy atom. The van der Waals surface area contributed by atoms with Crippen molar-refractivity contribution in [3.05, 3.63) is 11.6 Å². The molecule has 0 aromatic carbocycles. The van der Waals surface area contributed by atoms with Crippen molar-refractivity contribution in [1.29, 1.82) is 0 Å². The van der Waals surface area contributed by atoms with Crippen molar-refractivity contribution in [2.24, 2.45) is 0 Å². The van der Waals surface area contributed by atoms with Gasteiger partial charge in [0, 0.05) is 0 Å². The molecule has 0 spiro atoms. The summed E-state index contributed by atoms with van der Waals surface area (Å²) in [5.74, 6) is -0.509. The minimum atomic E-state index is -4.02. The van der Waals surface area contributed by atoms with Crippen molar-refractivity contribution in [1.82, 2.24) is 0 Å². The molecule has 7 heteroatoms. The van der Waals surface area contributed by atoms with Gasteiger partial charge in [-0.3, -0.25) is 4.55 Å². The molecule has 1 N–H and O–H groups in total. The van der Waals surface area contributed by atoms with Crippen LogP contribution in [0.3, 0.4) is 0 Å². The summed E-state index contributed by atoms with van der Waals surface area (Å²) in [5.41, 5.74) is 0.567. The van der Waals surface area contributed by atoms with Crippen molar-refractivity contribution in [3.63, 3.8) is 0 Å². The minimum absolute atomic E-state index is 0.0737. The predicted molar refractivity (Wildman–Crippen MR) is 47.8 cm³/mol. The maximum absolute atomic E-state index is 10.9. The fourth-order valence-electron chi connectivity index (χ4n) is 1.10. The third-order valence-electron chi connectivity index (χ3n) is 1.72. The first-order valence-corrected chi connectivity index (χ1v) is 7.05. The molecule has 76 valence electrons. The van der Waals surface area contributed by atoms with Crippen LogP contribution < -0.4 is 0 Å². The highest BCUT2D eigenvalue weighted by molar-refractivity contribution is 7.91. The maximum atomic E-state index is 10.9. The van der Waals surface area contributed by atoms with Crippen LogP contribution >= 0.6 is 0 Å². The van der Waals surface area contributed by atoms with Gasteiger partial charge >= 0.3 is 0 Å². The Balaban J connectivity index is 2.68. The van der Waals surface area contributed by atoms with Gasteiger partial charge in [-0.2, -0.15) is 8.42 Å². The second-order valence-electron chi connectivity index (χ2n) is 2.95. The molecule has 1 saturated heterocycles. The van der Waals surface area contributed by atoms with E-state index in [1.54, 1.807) is 0 Å². The highest BCUT2D eigenvalue weighted by Gasteiger charge is 2.22. The fourth-order valence-corrected chi connectivity index (χ4v) is 3.09. The van der Waals surface area contributed by atoms with Crippen LogP contribution in [0, 0.1) is 0 Å². The molecular formula is C6H10O5S2. The SMILES string of the molecule is O=S(=O)(O)C/C=C1\CCS(=O)(=O)C1. The second-order valence-corrected chi connectivity index (χ2v) is 6.63. The molecule has 1 rings (SSSR count). The van der Waals surface area contributed by atoms with E-state index in [0.717, 1.165) is 0 Å². The van der Waals surface area contributed by atoms with Gasteiger partial charge < -0.3 is 0 Å². The smallest absolute Gasteiger partial charge is 0.268 e. The van der Waals surface area contributed by atoms with Gasteiger partial charge in [-0.05, 0) is 6.42 Å². The van der Waals surface area contributed by atoms with Crippen LogP contribution in [-0.2, 0) is 20.0 Å². The lowest BCUT2D eigenvalue weighted by molar-refractivity contribution is 0.486. The van der Waals surface area contributed by atoms with E-state index in [1.807, 2.05) is 0 Å². The van der Waals surface area contributed by atoms with Crippen molar-refractivity contribution in [2.75, 3.05) is 17.3 Å². The van der Waals surface area contributed by atoms with E-state index in [-0.39, 0.29) is 11.5 Å². The third-order valence-corrected chi connectivity index (χ3v) is 3.95. The third kappa shape index (κ3) is 3.88. The second kappa shape index (κ2) is 3.39. The Morgan fingerprint density at radius 1 is 1.46 bits per heavy atom. The average molecular weight is 226 g/mol. The zero-order valence-electron chi connectivity index (χ0n) is 6.80. The molecule has 13 heavy (non-hydrogen) atoms. The first-order chi connectivity index (χ1) is 5.79. The molecule has 5 nitrogen and oxygen atoms in total. The van der Waals surface area contributed by atoms with Crippen molar-refractivity contribution < 1.29 is 21.4 Å². The molecule has 1 aliphatic heterocycles. The molecule has 1 fully saturated rings. The average Bonchev–Trinajstić information content (AvgIpc) is 2.24. The summed E-state index contributed by atoms with van der Waals surface area (Å²) < 4.78 is 50.8. The zero-order chi connectivity index (χ0) is 10.1. The van der Waals surface area contributed by atoms with Crippen molar-refractivity contribution in [2.45, 2.75) is 6.42 Å². The largest absolute Gasteiger partial charge is 0.285 e. The molecule has 1 heterocycles. The van der Waals surface area contributed by atoms with Crippen LogP contribution in [0.15, 0.2) is 11.6 Å². The van der Waals surface area contributed by atoms with Gasteiger partial charge in [0.1, 0.15) is 0 Å². The highest BCUT2D eigenvalue weighted by atomic mass is 32.2. The van der Waals surface area contributed by atoms with Gasteiger partial charge in [-0.15, -0.1) is 0 Å². The first kappa shape index (κ1) is 10.7. The number of hydrogen-bond acceptors (Lipinski definition) is 4. The predicted octanol–water partition coefficient (Wildman–Crippen LogP) is -0.381. The molecule has 0 unspecified atom stereocenters. The monoisotopic (exact) mass is 226 g/mol. The van der Waals surface area contributed by atoms with E-state index in [4.69, 9.17) is 4.55 Å². The van der Waals surface area contributed by atoms with Gasteiger partial charge in [0.05, 0.1) is 17.3 Å². The van der Waals surface area contributed by atoms with Gasteiger partial charge in [0.15, 0.2) is 9.84 Å². The number of rotatable bonds is 2. The van der Waals surface area contributed by atoms with Crippen molar-refractivity contribution in [3.8, 4) is 0 Å². The lowest BCUT2D eigenvalue weighted by Gasteiger charge is -1.92. The standard InChI is InChI=1S/C6H10O5S2/c7-12(8)3-1-6(5-12)2-4-13(9,10)11/h2H,1,3-5H2,(H,9,10,11)/b6-2+. The molecule has 0 aromatic heterocycles. The van der Waals surface area contributed by atoms with Crippen LogP contribution in [0.25, 0.3) is 0 Å². The summed E-state index contributed by atoms with van der Waals surface area (Å²) in [4.78, 5) is 0. The van der Waals surface area contributed by atoms with Crippen LogP contribution in [0.1, 0.15) is 6.42 Å².